The molecular weight excluding hydrogens is 252 g/mol. The molecule has 0 aromatic carbocycles. The van der Waals surface area contributed by atoms with E-state index in [1.165, 1.54) is 12.8 Å². The summed E-state index contributed by atoms with van der Waals surface area (Å²) in [6.45, 7) is 6.25. The summed E-state index contributed by atoms with van der Waals surface area (Å²) in [5.41, 5.74) is 0.815. The molecule has 2 heterocycles. The quantitative estimate of drug-likeness (QED) is 0.757. The SMILES string of the molecule is O=C(NCCCN1CCNCC1)c1cccn1C1CC1. The van der Waals surface area contributed by atoms with E-state index in [4.69, 9.17) is 0 Å². The van der Waals surface area contributed by atoms with Crippen LogP contribution in [-0.4, -0.2) is 54.6 Å². The van der Waals surface area contributed by atoms with Gasteiger partial charge in [-0.2, -0.15) is 0 Å². The summed E-state index contributed by atoms with van der Waals surface area (Å²) in [5, 5.41) is 6.40. The number of amides is 1. The Labute approximate surface area is 120 Å². The number of nitrogens with one attached hydrogen (secondary N) is 2. The summed E-state index contributed by atoms with van der Waals surface area (Å²) in [4.78, 5) is 14.6. The molecule has 1 saturated heterocycles. The van der Waals surface area contributed by atoms with E-state index in [2.05, 4.69) is 20.1 Å². The van der Waals surface area contributed by atoms with Crippen LogP contribution >= 0.6 is 0 Å². The predicted octanol–water partition coefficient (Wildman–Crippen LogP) is 0.848. The van der Waals surface area contributed by atoms with Crippen LogP contribution in [-0.2, 0) is 0 Å². The van der Waals surface area contributed by atoms with Crippen LogP contribution in [0.25, 0.3) is 0 Å². The van der Waals surface area contributed by atoms with Gasteiger partial charge in [-0.15, -0.1) is 0 Å². The van der Waals surface area contributed by atoms with Crippen molar-refractivity contribution in [1.29, 1.82) is 0 Å². The maximum Gasteiger partial charge on any atom is 0.267 e. The number of rotatable bonds is 6. The van der Waals surface area contributed by atoms with Crippen molar-refractivity contribution in [3.05, 3.63) is 24.0 Å². The number of carbonyl (C=O) groups is 1. The van der Waals surface area contributed by atoms with E-state index < -0.39 is 0 Å². The third-order valence-corrected chi connectivity index (χ3v) is 4.10. The van der Waals surface area contributed by atoms with Gasteiger partial charge in [-0.3, -0.25) is 4.79 Å². The molecule has 2 fully saturated rings. The third kappa shape index (κ3) is 3.41. The Hall–Kier alpha value is -1.33. The topological polar surface area (TPSA) is 49.3 Å². The molecule has 1 aromatic rings. The number of hydrogen-bond donors (Lipinski definition) is 2. The summed E-state index contributed by atoms with van der Waals surface area (Å²) < 4.78 is 2.12. The fourth-order valence-corrected chi connectivity index (χ4v) is 2.79. The Morgan fingerprint density at radius 3 is 2.90 bits per heavy atom. The Morgan fingerprint density at radius 1 is 1.35 bits per heavy atom. The first-order valence-electron chi connectivity index (χ1n) is 7.73. The highest BCUT2D eigenvalue weighted by atomic mass is 16.1. The molecule has 1 saturated carbocycles. The molecule has 5 heteroatoms. The van der Waals surface area contributed by atoms with E-state index in [1.54, 1.807) is 0 Å². The van der Waals surface area contributed by atoms with Gasteiger partial charge in [0.15, 0.2) is 0 Å². The second-order valence-electron chi connectivity index (χ2n) is 5.73. The van der Waals surface area contributed by atoms with Gasteiger partial charge in [0, 0.05) is 45.0 Å². The summed E-state index contributed by atoms with van der Waals surface area (Å²) in [7, 11) is 0. The number of nitrogens with zero attached hydrogens (tertiary/aromatic N) is 2. The van der Waals surface area contributed by atoms with Crippen LogP contribution in [0.4, 0.5) is 0 Å². The van der Waals surface area contributed by atoms with Gasteiger partial charge in [-0.05, 0) is 37.9 Å². The zero-order valence-corrected chi connectivity index (χ0v) is 12.0. The highest BCUT2D eigenvalue weighted by Gasteiger charge is 2.26. The fraction of sp³-hybridized carbons (Fsp3) is 0.667. The van der Waals surface area contributed by atoms with Gasteiger partial charge >= 0.3 is 0 Å². The Kier molecular flexibility index (Phi) is 4.38. The van der Waals surface area contributed by atoms with Crippen molar-refractivity contribution in [2.75, 3.05) is 39.3 Å². The molecule has 1 aliphatic carbocycles. The van der Waals surface area contributed by atoms with E-state index in [0.717, 1.165) is 51.4 Å². The molecule has 0 spiro atoms. The summed E-state index contributed by atoms with van der Waals surface area (Å²) in [6, 6.07) is 4.45. The van der Waals surface area contributed by atoms with Crippen molar-refractivity contribution in [2.24, 2.45) is 0 Å². The molecule has 0 unspecified atom stereocenters. The molecule has 1 aliphatic heterocycles. The molecule has 20 heavy (non-hydrogen) atoms. The lowest BCUT2D eigenvalue weighted by Gasteiger charge is -2.27. The average Bonchev–Trinajstić information content (AvgIpc) is 3.21. The molecule has 3 rings (SSSR count). The lowest BCUT2D eigenvalue weighted by molar-refractivity contribution is 0.0942. The first-order chi connectivity index (χ1) is 9.84. The normalized spacial score (nSPS) is 20.0. The van der Waals surface area contributed by atoms with Crippen molar-refractivity contribution in [3.63, 3.8) is 0 Å². The van der Waals surface area contributed by atoms with Crippen LogP contribution in [0.15, 0.2) is 18.3 Å². The minimum atomic E-state index is 0.0715. The molecule has 5 nitrogen and oxygen atoms in total. The summed E-state index contributed by atoms with van der Waals surface area (Å²) in [5.74, 6) is 0.0715. The number of aromatic nitrogens is 1. The molecule has 1 aromatic heterocycles. The lowest BCUT2D eigenvalue weighted by atomic mass is 10.3. The predicted molar refractivity (Wildman–Crippen MR) is 79.0 cm³/mol. The number of piperazine rings is 1. The van der Waals surface area contributed by atoms with E-state index in [1.807, 2.05) is 18.3 Å². The largest absolute Gasteiger partial charge is 0.351 e. The van der Waals surface area contributed by atoms with E-state index in [9.17, 15) is 4.79 Å². The van der Waals surface area contributed by atoms with Crippen LogP contribution in [0.3, 0.4) is 0 Å². The highest BCUT2D eigenvalue weighted by molar-refractivity contribution is 5.92. The number of carbonyl (C=O) groups excluding carboxylic acids is 1. The molecule has 0 radical (unpaired) electrons. The first-order valence-corrected chi connectivity index (χ1v) is 7.73. The van der Waals surface area contributed by atoms with Gasteiger partial charge in [-0.25, -0.2) is 0 Å². The molecule has 2 N–H and O–H groups in total. The maximum absolute atomic E-state index is 12.2. The van der Waals surface area contributed by atoms with Crippen LogP contribution in [0.2, 0.25) is 0 Å². The minimum Gasteiger partial charge on any atom is -0.351 e. The van der Waals surface area contributed by atoms with Crippen LogP contribution in [0, 0.1) is 0 Å². The standard InChI is InChI=1S/C15H24N4O/c20-15(14-3-1-10-19(14)13-4-5-13)17-6-2-9-18-11-7-16-8-12-18/h1,3,10,13,16H,2,4-9,11-12H2,(H,17,20). The van der Waals surface area contributed by atoms with Gasteiger partial charge in [0.2, 0.25) is 0 Å². The maximum atomic E-state index is 12.2. The van der Waals surface area contributed by atoms with Crippen LogP contribution in [0.1, 0.15) is 35.8 Å². The monoisotopic (exact) mass is 276 g/mol. The molecule has 110 valence electrons. The first kappa shape index (κ1) is 13.6. The minimum absolute atomic E-state index is 0.0715. The van der Waals surface area contributed by atoms with Crippen LogP contribution in [0.5, 0.6) is 0 Å². The summed E-state index contributed by atoms with van der Waals surface area (Å²) in [6.07, 6.45) is 5.46. The van der Waals surface area contributed by atoms with Crippen LogP contribution < -0.4 is 10.6 Å². The molecular formula is C15H24N4O. The molecule has 0 bridgehead atoms. The van der Waals surface area contributed by atoms with Gasteiger partial charge < -0.3 is 20.1 Å². The summed E-state index contributed by atoms with van der Waals surface area (Å²) >= 11 is 0. The van der Waals surface area contributed by atoms with Gasteiger partial charge in [0.05, 0.1) is 0 Å². The fourth-order valence-electron chi connectivity index (χ4n) is 2.79. The van der Waals surface area contributed by atoms with Crippen molar-refractivity contribution in [1.82, 2.24) is 20.1 Å². The Balaban J connectivity index is 1.39. The smallest absolute Gasteiger partial charge is 0.267 e. The molecule has 2 aliphatic rings. The zero-order valence-electron chi connectivity index (χ0n) is 12.0. The second-order valence-corrected chi connectivity index (χ2v) is 5.73. The Morgan fingerprint density at radius 2 is 2.15 bits per heavy atom. The van der Waals surface area contributed by atoms with Crippen molar-refractivity contribution >= 4 is 5.91 Å². The lowest BCUT2D eigenvalue weighted by Crippen LogP contribution is -2.44. The molecule has 1 amide bonds. The second kappa shape index (κ2) is 6.41. The van der Waals surface area contributed by atoms with E-state index >= 15 is 0 Å². The van der Waals surface area contributed by atoms with Crippen molar-refractivity contribution in [3.8, 4) is 0 Å². The molecule has 0 atom stereocenters. The van der Waals surface area contributed by atoms with E-state index in [0.29, 0.717) is 6.04 Å². The zero-order chi connectivity index (χ0) is 13.8. The Bertz CT molecular complexity index is 446. The van der Waals surface area contributed by atoms with E-state index in [-0.39, 0.29) is 5.91 Å². The third-order valence-electron chi connectivity index (χ3n) is 4.10. The van der Waals surface area contributed by atoms with Crippen molar-refractivity contribution < 1.29 is 4.79 Å². The van der Waals surface area contributed by atoms with Crippen molar-refractivity contribution in [2.45, 2.75) is 25.3 Å². The van der Waals surface area contributed by atoms with Gasteiger partial charge in [0.1, 0.15) is 5.69 Å². The number of hydrogen-bond acceptors (Lipinski definition) is 3. The van der Waals surface area contributed by atoms with Gasteiger partial charge in [0.25, 0.3) is 5.91 Å². The average molecular weight is 276 g/mol. The van der Waals surface area contributed by atoms with Gasteiger partial charge in [-0.1, -0.05) is 0 Å². The highest BCUT2D eigenvalue weighted by Crippen LogP contribution is 2.35.